The molecular formula is C12H26N2. The van der Waals surface area contributed by atoms with Crippen LogP contribution < -0.4 is 11.1 Å². The number of hydrogen-bond acceptors (Lipinski definition) is 2. The Bertz CT molecular complexity index is 181. The fourth-order valence-electron chi connectivity index (χ4n) is 2.48. The van der Waals surface area contributed by atoms with Crippen LogP contribution in [0.5, 0.6) is 0 Å². The summed E-state index contributed by atoms with van der Waals surface area (Å²) in [6, 6.07) is 0.793. The largest absolute Gasteiger partial charge is 0.326 e. The molecular weight excluding hydrogens is 172 g/mol. The van der Waals surface area contributed by atoms with Gasteiger partial charge in [-0.15, -0.1) is 0 Å². The summed E-state index contributed by atoms with van der Waals surface area (Å²) >= 11 is 0. The van der Waals surface area contributed by atoms with Gasteiger partial charge in [-0.3, -0.25) is 0 Å². The van der Waals surface area contributed by atoms with E-state index in [-0.39, 0.29) is 0 Å². The summed E-state index contributed by atoms with van der Waals surface area (Å²) in [5, 5.41) is 3.58. The van der Waals surface area contributed by atoms with Gasteiger partial charge in [0.2, 0.25) is 0 Å². The van der Waals surface area contributed by atoms with Gasteiger partial charge in [-0.25, -0.2) is 0 Å². The summed E-state index contributed by atoms with van der Waals surface area (Å²) in [5.74, 6) is 0.685. The molecule has 1 saturated heterocycles. The molecule has 1 rings (SSSR count). The van der Waals surface area contributed by atoms with Crippen molar-refractivity contribution in [3.63, 3.8) is 0 Å². The Morgan fingerprint density at radius 3 is 2.57 bits per heavy atom. The van der Waals surface area contributed by atoms with E-state index in [1.165, 1.54) is 19.3 Å². The zero-order chi connectivity index (χ0) is 10.8. The Morgan fingerprint density at radius 1 is 1.43 bits per heavy atom. The molecule has 14 heavy (non-hydrogen) atoms. The molecule has 1 aliphatic heterocycles. The first-order chi connectivity index (χ1) is 6.52. The van der Waals surface area contributed by atoms with Crippen molar-refractivity contribution in [2.24, 2.45) is 17.1 Å². The van der Waals surface area contributed by atoms with Gasteiger partial charge in [0.1, 0.15) is 0 Å². The SMILES string of the molecule is CCC1CC(C)(CC)CNC(C)C1N. The number of nitrogens with one attached hydrogen (secondary N) is 1. The van der Waals surface area contributed by atoms with E-state index < -0.39 is 0 Å². The molecule has 0 amide bonds. The lowest BCUT2D eigenvalue weighted by Crippen LogP contribution is -2.45. The predicted molar refractivity (Wildman–Crippen MR) is 62.2 cm³/mol. The Balaban J connectivity index is 2.74. The fourth-order valence-corrected chi connectivity index (χ4v) is 2.48. The summed E-state index contributed by atoms with van der Waals surface area (Å²) in [5.41, 5.74) is 6.69. The highest BCUT2D eigenvalue weighted by atomic mass is 15.0. The first kappa shape index (κ1) is 12.0. The minimum atomic E-state index is 0.327. The van der Waals surface area contributed by atoms with E-state index in [9.17, 15) is 0 Å². The van der Waals surface area contributed by atoms with Crippen molar-refractivity contribution in [2.75, 3.05) is 6.54 Å². The van der Waals surface area contributed by atoms with Gasteiger partial charge in [-0.1, -0.05) is 27.2 Å². The molecule has 0 radical (unpaired) electrons. The van der Waals surface area contributed by atoms with E-state index in [1.807, 2.05) is 0 Å². The maximum absolute atomic E-state index is 6.25. The van der Waals surface area contributed by atoms with Gasteiger partial charge in [0, 0.05) is 18.6 Å². The Hall–Kier alpha value is -0.0800. The minimum absolute atomic E-state index is 0.327. The zero-order valence-corrected chi connectivity index (χ0v) is 10.1. The van der Waals surface area contributed by atoms with Crippen molar-refractivity contribution >= 4 is 0 Å². The van der Waals surface area contributed by atoms with Crippen LogP contribution in [-0.2, 0) is 0 Å². The maximum Gasteiger partial charge on any atom is 0.0220 e. The van der Waals surface area contributed by atoms with E-state index >= 15 is 0 Å². The molecule has 0 saturated carbocycles. The summed E-state index contributed by atoms with van der Waals surface area (Å²) in [6.07, 6.45) is 3.73. The van der Waals surface area contributed by atoms with Crippen LogP contribution in [0.1, 0.15) is 47.0 Å². The summed E-state index contributed by atoms with van der Waals surface area (Å²) in [7, 11) is 0. The lowest BCUT2D eigenvalue weighted by atomic mass is 9.76. The van der Waals surface area contributed by atoms with Crippen LogP contribution in [0.25, 0.3) is 0 Å². The van der Waals surface area contributed by atoms with Crippen LogP contribution in [0.15, 0.2) is 0 Å². The van der Waals surface area contributed by atoms with Crippen molar-refractivity contribution in [1.29, 1.82) is 0 Å². The van der Waals surface area contributed by atoms with Crippen molar-refractivity contribution in [2.45, 2.75) is 59.0 Å². The van der Waals surface area contributed by atoms with Crippen LogP contribution in [0, 0.1) is 11.3 Å². The molecule has 3 N–H and O–H groups in total. The molecule has 4 unspecified atom stereocenters. The standard InChI is InChI=1S/C12H26N2/c1-5-10-7-12(4,6-2)8-14-9(3)11(10)13/h9-11,14H,5-8,13H2,1-4H3. The highest BCUT2D eigenvalue weighted by molar-refractivity contribution is 4.92. The first-order valence-electron chi connectivity index (χ1n) is 6.01. The average molecular weight is 198 g/mol. The fraction of sp³-hybridized carbons (Fsp3) is 1.00. The van der Waals surface area contributed by atoms with Gasteiger partial charge < -0.3 is 11.1 Å². The van der Waals surface area contributed by atoms with E-state index in [4.69, 9.17) is 5.73 Å². The Labute approximate surface area is 88.6 Å². The second-order valence-electron chi connectivity index (χ2n) is 5.28. The molecule has 4 atom stereocenters. The van der Waals surface area contributed by atoms with Crippen molar-refractivity contribution in [3.05, 3.63) is 0 Å². The second kappa shape index (κ2) is 4.63. The normalized spacial score (nSPS) is 44.8. The molecule has 2 heteroatoms. The molecule has 0 bridgehead atoms. The molecule has 1 heterocycles. The highest BCUT2D eigenvalue weighted by Crippen LogP contribution is 2.34. The van der Waals surface area contributed by atoms with Crippen LogP contribution in [0.4, 0.5) is 0 Å². The molecule has 1 fully saturated rings. The lowest BCUT2D eigenvalue weighted by Gasteiger charge is -2.30. The van der Waals surface area contributed by atoms with Crippen molar-refractivity contribution < 1.29 is 0 Å². The van der Waals surface area contributed by atoms with Gasteiger partial charge in [-0.05, 0) is 31.1 Å². The Kier molecular flexibility index (Phi) is 3.96. The molecule has 0 aromatic rings. The quantitative estimate of drug-likeness (QED) is 0.713. The summed E-state index contributed by atoms with van der Waals surface area (Å²) < 4.78 is 0. The van der Waals surface area contributed by atoms with Gasteiger partial charge in [-0.2, -0.15) is 0 Å². The molecule has 1 aliphatic rings. The van der Waals surface area contributed by atoms with E-state index in [1.54, 1.807) is 0 Å². The first-order valence-corrected chi connectivity index (χ1v) is 6.01. The summed E-state index contributed by atoms with van der Waals surface area (Å²) in [4.78, 5) is 0. The smallest absolute Gasteiger partial charge is 0.0220 e. The number of nitrogens with two attached hydrogens (primary N) is 1. The third-order valence-electron chi connectivity index (χ3n) is 4.11. The molecule has 0 spiro atoms. The monoisotopic (exact) mass is 198 g/mol. The lowest BCUT2D eigenvalue weighted by molar-refractivity contribution is 0.233. The van der Waals surface area contributed by atoms with Gasteiger partial charge in [0.25, 0.3) is 0 Å². The number of hydrogen-bond donors (Lipinski definition) is 2. The van der Waals surface area contributed by atoms with Gasteiger partial charge in [0.05, 0.1) is 0 Å². The molecule has 0 aliphatic carbocycles. The van der Waals surface area contributed by atoms with E-state index in [0.717, 1.165) is 6.54 Å². The number of rotatable bonds is 2. The van der Waals surface area contributed by atoms with Crippen molar-refractivity contribution in [1.82, 2.24) is 5.32 Å². The van der Waals surface area contributed by atoms with Crippen LogP contribution in [-0.4, -0.2) is 18.6 Å². The van der Waals surface area contributed by atoms with Crippen LogP contribution in [0.2, 0.25) is 0 Å². The van der Waals surface area contributed by atoms with Crippen LogP contribution >= 0.6 is 0 Å². The molecule has 2 nitrogen and oxygen atoms in total. The van der Waals surface area contributed by atoms with Crippen LogP contribution in [0.3, 0.4) is 0 Å². The van der Waals surface area contributed by atoms with Gasteiger partial charge >= 0.3 is 0 Å². The summed E-state index contributed by atoms with van der Waals surface area (Å²) in [6.45, 7) is 10.3. The molecule has 0 aromatic carbocycles. The van der Waals surface area contributed by atoms with E-state index in [2.05, 4.69) is 33.0 Å². The molecule has 0 aromatic heterocycles. The average Bonchev–Trinajstić information content (AvgIpc) is 2.30. The predicted octanol–water partition coefficient (Wildman–Crippen LogP) is 2.14. The minimum Gasteiger partial charge on any atom is -0.326 e. The molecule has 84 valence electrons. The Morgan fingerprint density at radius 2 is 2.07 bits per heavy atom. The van der Waals surface area contributed by atoms with Crippen molar-refractivity contribution in [3.8, 4) is 0 Å². The van der Waals surface area contributed by atoms with E-state index in [0.29, 0.717) is 23.4 Å². The third-order valence-corrected chi connectivity index (χ3v) is 4.11. The second-order valence-corrected chi connectivity index (χ2v) is 5.28. The highest BCUT2D eigenvalue weighted by Gasteiger charge is 2.34. The third kappa shape index (κ3) is 2.48. The zero-order valence-electron chi connectivity index (χ0n) is 10.1. The van der Waals surface area contributed by atoms with Gasteiger partial charge in [0.15, 0.2) is 0 Å². The topological polar surface area (TPSA) is 38.0 Å². The maximum atomic E-state index is 6.25.